The van der Waals surface area contributed by atoms with E-state index < -0.39 is 6.50 Å². The van der Waals surface area contributed by atoms with Crippen molar-refractivity contribution in [2.24, 2.45) is 5.92 Å². The molecule has 0 aromatic heterocycles. The smallest absolute Gasteiger partial charge is 0.317 e. The van der Waals surface area contributed by atoms with Crippen LogP contribution in [0.25, 0.3) is 0 Å². The predicted octanol–water partition coefficient (Wildman–Crippen LogP) is 4.34. The third-order valence-corrected chi connectivity index (χ3v) is 6.28. The molecule has 7 heteroatoms. The van der Waals surface area contributed by atoms with Crippen molar-refractivity contribution in [1.82, 2.24) is 15.1 Å². The number of piperazine rings is 1. The van der Waals surface area contributed by atoms with Gasteiger partial charge in [0.15, 0.2) is 0 Å². The topological polar surface area (TPSA) is 38.8 Å². The van der Waals surface area contributed by atoms with E-state index in [4.69, 9.17) is 30.1 Å². The SMILES string of the molecule is [2H]c1c([2H])c(Cl)c(Cl)c(N2CCN(C([2H])([2H])CC3CCC(NC(=O)N(C)C)CC3)CC2)c1[2H]. The molecule has 2 amide bonds. The molecule has 1 heterocycles. The lowest BCUT2D eigenvalue weighted by atomic mass is 9.84. The Morgan fingerprint density at radius 3 is 2.54 bits per heavy atom. The Kier molecular flexibility index (Phi) is 5.61. The summed E-state index contributed by atoms with van der Waals surface area (Å²) in [5.41, 5.74) is 0.348. The summed E-state index contributed by atoms with van der Waals surface area (Å²) in [7, 11) is 3.44. The van der Waals surface area contributed by atoms with Crippen molar-refractivity contribution in [2.45, 2.75) is 38.1 Å². The Morgan fingerprint density at radius 1 is 1.21 bits per heavy atom. The van der Waals surface area contributed by atoms with Gasteiger partial charge in [-0.05, 0) is 56.6 Å². The molecule has 1 aromatic carbocycles. The van der Waals surface area contributed by atoms with Gasteiger partial charge in [0.1, 0.15) is 0 Å². The Labute approximate surface area is 186 Å². The molecule has 1 saturated carbocycles. The minimum absolute atomic E-state index is 0.0252. The molecule has 0 bridgehead atoms. The minimum atomic E-state index is -1.45. The van der Waals surface area contributed by atoms with Gasteiger partial charge in [0.05, 0.1) is 19.8 Å². The van der Waals surface area contributed by atoms with E-state index in [2.05, 4.69) is 5.32 Å². The molecule has 1 aromatic rings. The largest absolute Gasteiger partial charge is 0.368 e. The zero-order valence-corrected chi connectivity index (χ0v) is 18.0. The fourth-order valence-corrected chi connectivity index (χ4v) is 4.09. The van der Waals surface area contributed by atoms with Crippen LogP contribution in [0, 0.1) is 5.92 Å². The summed E-state index contributed by atoms with van der Waals surface area (Å²) < 4.78 is 41.4. The van der Waals surface area contributed by atoms with Gasteiger partial charge >= 0.3 is 6.03 Å². The van der Waals surface area contributed by atoms with Gasteiger partial charge in [0.25, 0.3) is 0 Å². The Hall–Kier alpha value is -1.17. The lowest BCUT2D eigenvalue weighted by Gasteiger charge is -2.37. The maximum absolute atomic E-state index is 11.8. The summed E-state index contributed by atoms with van der Waals surface area (Å²) in [6, 6.07) is -0.558. The summed E-state index contributed by atoms with van der Waals surface area (Å²) in [4.78, 5) is 17.1. The lowest BCUT2D eigenvalue weighted by Crippen LogP contribution is -2.47. The van der Waals surface area contributed by atoms with Crippen LogP contribution in [0.5, 0.6) is 0 Å². The first-order valence-electron chi connectivity index (χ1n) is 12.3. The summed E-state index contributed by atoms with van der Waals surface area (Å²) >= 11 is 12.4. The van der Waals surface area contributed by atoms with Gasteiger partial charge in [-0.3, -0.25) is 4.90 Å². The van der Waals surface area contributed by atoms with Crippen molar-refractivity contribution >= 4 is 34.9 Å². The highest BCUT2D eigenvalue weighted by molar-refractivity contribution is 6.43. The summed E-state index contributed by atoms with van der Waals surface area (Å²) in [6.07, 6.45) is 3.95. The van der Waals surface area contributed by atoms with E-state index in [9.17, 15) is 4.79 Å². The number of anilines is 1. The van der Waals surface area contributed by atoms with E-state index in [-0.39, 0.29) is 46.2 Å². The molecule has 156 valence electrons. The average molecular weight is 432 g/mol. The molecule has 3 rings (SSSR count). The molecule has 1 aliphatic carbocycles. The van der Waals surface area contributed by atoms with Gasteiger partial charge in [-0.1, -0.05) is 29.2 Å². The molecule has 0 atom stereocenters. The second-order valence-electron chi connectivity index (χ2n) is 7.75. The number of nitrogens with one attached hydrogen (secondary N) is 1. The van der Waals surface area contributed by atoms with Crippen LogP contribution >= 0.6 is 23.2 Å². The van der Waals surface area contributed by atoms with Crippen LogP contribution in [0.3, 0.4) is 0 Å². The normalized spacial score (nSPS) is 26.6. The molecule has 28 heavy (non-hydrogen) atoms. The molecule has 1 aliphatic heterocycles. The standard InChI is InChI=1S/C21H32Cl2N4O/c1-25(2)21(28)24-17-8-6-16(7-9-17)10-11-26-12-14-27(15-13-26)19-5-3-4-18(22)20(19)23/h3-5,16-17H,6-15H2,1-2H3,(H,24,28)/i3D,4D,5D,11D2. The van der Waals surface area contributed by atoms with Crippen LogP contribution in [0.2, 0.25) is 10.0 Å². The highest BCUT2D eigenvalue weighted by Crippen LogP contribution is 2.33. The Balaban J connectivity index is 1.55. The number of carbonyl (C=O) groups excluding carboxylic acids is 1. The lowest BCUT2D eigenvalue weighted by molar-refractivity contribution is 0.194. The Bertz CT molecular complexity index is 844. The number of hydrogen-bond donors (Lipinski definition) is 1. The number of carbonyl (C=O) groups is 1. The van der Waals surface area contributed by atoms with Gasteiger partial charge in [-0.25, -0.2) is 4.79 Å². The quantitative estimate of drug-likeness (QED) is 0.753. The summed E-state index contributed by atoms with van der Waals surface area (Å²) in [5.74, 6) is 0.272. The molecule has 2 fully saturated rings. The number of halogens is 2. The van der Waals surface area contributed by atoms with Gasteiger partial charge in [0.2, 0.25) is 0 Å². The van der Waals surface area contributed by atoms with Gasteiger partial charge in [-0.15, -0.1) is 0 Å². The van der Waals surface area contributed by atoms with E-state index in [1.165, 1.54) is 4.90 Å². The first-order valence-corrected chi connectivity index (χ1v) is 10.6. The highest BCUT2D eigenvalue weighted by Gasteiger charge is 2.24. The van der Waals surface area contributed by atoms with Crippen molar-refractivity contribution in [3.63, 3.8) is 0 Å². The number of hydrogen-bond acceptors (Lipinski definition) is 3. The van der Waals surface area contributed by atoms with Crippen LogP contribution in [-0.4, -0.2) is 68.6 Å². The van der Waals surface area contributed by atoms with Crippen LogP contribution in [0.1, 0.15) is 39.0 Å². The number of nitrogens with zero attached hydrogens (tertiary/aromatic N) is 3. The van der Waals surface area contributed by atoms with Crippen molar-refractivity contribution < 1.29 is 11.6 Å². The molecule has 0 radical (unpaired) electrons. The number of amides is 2. The molecule has 0 unspecified atom stereocenters. The van der Waals surface area contributed by atoms with E-state index in [0.717, 1.165) is 25.7 Å². The average Bonchev–Trinajstić information content (AvgIpc) is 2.78. The van der Waals surface area contributed by atoms with E-state index in [1.807, 2.05) is 9.80 Å². The van der Waals surface area contributed by atoms with E-state index in [1.54, 1.807) is 14.1 Å². The molecule has 2 aliphatic rings. The zero-order valence-electron chi connectivity index (χ0n) is 21.5. The van der Waals surface area contributed by atoms with Crippen molar-refractivity contribution in [2.75, 3.05) is 51.7 Å². The van der Waals surface area contributed by atoms with Crippen molar-refractivity contribution in [3.8, 4) is 0 Å². The molecule has 0 spiro atoms. The molecular formula is C21H32Cl2N4O. The van der Waals surface area contributed by atoms with Gasteiger partial charge in [-0.2, -0.15) is 0 Å². The minimum Gasteiger partial charge on any atom is -0.368 e. The molecule has 1 N–H and O–H groups in total. The monoisotopic (exact) mass is 431 g/mol. The zero-order chi connectivity index (χ0) is 24.5. The third-order valence-electron chi connectivity index (χ3n) is 5.53. The van der Waals surface area contributed by atoms with Crippen LogP contribution in [0.15, 0.2) is 18.1 Å². The summed E-state index contributed by atoms with van der Waals surface area (Å²) in [6.45, 7) is 0.394. The highest BCUT2D eigenvalue weighted by atomic mass is 35.5. The second kappa shape index (κ2) is 10.0. The fraction of sp³-hybridized carbons (Fsp3) is 0.667. The fourth-order valence-electron chi connectivity index (χ4n) is 3.74. The molecular weight excluding hydrogens is 395 g/mol. The maximum Gasteiger partial charge on any atom is 0.317 e. The van der Waals surface area contributed by atoms with Crippen molar-refractivity contribution in [1.29, 1.82) is 0 Å². The summed E-state index contributed by atoms with van der Waals surface area (Å²) in [5, 5.41) is 3.11. The van der Waals surface area contributed by atoms with Gasteiger partial charge < -0.3 is 15.1 Å². The molecule has 1 saturated heterocycles. The van der Waals surface area contributed by atoms with Crippen LogP contribution in [-0.2, 0) is 0 Å². The van der Waals surface area contributed by atoms with E-state index >= 15 is 0 Å². The van der Waals surface area contributed by atoms with Crippen LogP contribution in [0.4, 0.5) is 10.5 Å². The number of rotatable bonds is 5. The molecule has 5 nitrogen and oxygen atoms in total. The maximum atomic E-state index is 11.8. The first kappa shape index (κ1) is 15.6. The number of benzene rings is 1. The first-order chi connectivity index (χ1) is 15.4. The Morgan fingerprint density at radius 2 is 1.89 bits per heavy atom. The third kappa shape index (κ3) is 5.68. The van der Waals surface area contributed by atoms with Crippen molar-refractivity contribution in [3.05, 3.63) is 28.2 Å². The van der Waals surface area contributed by atoms with Crippen LogP contribution < -0.4 is 10.2 Å². The van der Waals surface area contributed by atoms with E-state index in [0.29, 0.717) is 38.3 Å². The second-order valence-corrected chi connectivity index (χ2v) is 8.51. The predicted molar refractivity (Wildman–Crippen MR) is 118 cm³/mol. The number of urea groups is 1. The van der Waals surface area contributed by atoms with Gasteiger partial charge in [0, 0.05) is 49.1 Å².